The second-order valence-corrected chi connectivity index (χ2v) is 6.75. The van der Waals surface area contributed by atoms with Gasteiger partial charge in [-0.1, -0.05) is 44.2 Å². The zero-order valence-electron chi connectivity index (χ0n) is 16.1. The molecule has 1 aromatic rings. The van der Waals surface area contributed by atoms with Crippen LogP contribution in [0.2, 0.25) is 0 Å². The zero-order valence-corrected chi connectivity index (χ0v) is 16.1. The lowest BCUT2D eigenvalue weighted by Gasteiger charge is -2.14. The number of ether oxygens (including phenoxy) is 1. The molecule has 3 amide bonds. The number of imide groups is 1. The Labute approximate surface area is 160 Å². The van der Waals surface area contributed by atoms with Crippen molar-refractivity contribution in [1.29, 1.82) is 0 Å². The number of nitrogens with zero attached hydrogens (tertiary/aromatic N) is 1. The van der Waals surface area contributed by atoms with Gasteiger partial charge in [0, 0.05) is 19.9 Å². The molecule has 1 aliphatic rings. The van der Waals surface area contributed by atoms with Gasteiger partial charge in [-0.15, -0.1) is 0 Å². The van der Waals surface area contributed by atoms with Crippen molar-refractivity contribution in [3.05, 3.63) is 35.9 Å². The molecule has 2 rings (SSSR count). The summed E-state index contributed by atoms with van der Waals surface area (Å²) in [5.41, 5.74) is 0.916. The summed E-state index contributed by atoms with van der Waals surface area (Å²) in [4.78, 5) is 44.8. The molecule has 7 nitrogen and oxygen atoms in total. The fraction of sp³-hybridized carbons (Fsp3) is 0.500. The lowest BCUT2D eigenvalue weighted by Crippen LogP contribution is -2.37. The molecule has 7 heteroatoms. The molecule has 0 saturated carbocycles. The highest BCUT2D eigenvalue weighted by molar-refractivity contribution is 5.95. The Hall–Kier alpha value is -2.70. The Morgan fingerprint density at radius 3 is 2.37 bits per heavy atom. The number of rotatable bonds is 6. The van der Waals surface area contributed by atoms with Crippen molar-refractivity contribution in [2.45, 2.75) is 52.7 Å². The second-order valence-electron chi connectivity index (χ2n) is 6.75. The summed E-state index contributed by atoms with van der Waals surface area (Å²) < 4.78 is 5.03. The maximum atomic E-state index is 11.5. The average Bonchev–Trinajstić information content (AvgIpc) is 3.07. The van der Waals surface area contributed by atoms with Crippen LogP contribution in [-0.2, 0) is 25.7 Å². The number of aldehydes is 1. The van der Waals surface area contributed by atoms with Crippen LogP contribution in [0.1, 0.15) is 45.6 Å². The highest BCUT2D eigenvalue weighted by atomic mass is 16.5. The monoisotopic (exact) mass is 376 g/mol. The van der Waals surface area contributed by atoms with Gasteiger partial charge in [-0.3, -0.25) is 14.5 Å². The van der Waals surface area contributed by atoms with Gasteiger partial charge in [0.15, 0.2) is 0 Å². The van der Waals surface area contributed by atoms with Crippen LogP contribution in [0.15, 0.2) is 30.3 Å². The third kappa shape index (κ3) is 8.99. The minimum absolute atomic E-state index is 0.0255. The first-order valence-electron chi connectivity index (χ1n) is 9.07. The fourth-order valence-corrected chi connectivity index (χ4v) is 2.55. The summed E-state index contributed by atoms with van der Waals surface area (Å²) in [6.07, 6.45) is 2.17. The predicted octanol–water partition coefficient (Wildman–Crippen LogP) is 2.68. The third-order valence-electron chi connectivity index (χ3n) is 3.86. The molecule has 1 N–H and O–H groups in total. The van der Waals surface area contributed by atoms with E-state index in [4.69, 9.17) is 4.74 Å². The molecule has 1 atom stereocenters. The van der Waals surface area contributed by atoms with Crippen LogP contribution < -0.4 is 5.32 Å². The van der Waals surface area contributed by atoms with E-state index in [1.54, 1.807) is 0 Å². The smallest absolute Gasteiger partial charge is 0.408 e. The number of benzene rings is 1. The minimum Gasteiger partial charge on any atom is -0.445 e. The van der Waals surface area contributed by atoms with Crippen molar-refractivity contribution >= 4 is 24.2 Å². The van der Waals surface area contributed by atoms with Crippen LogP contribution >= 0.6 is 0 Å². The molecule has 0 bridgehead atoms. The van der Waals surface area contributed by atoms with Gasteiger partial charge in [-0.25, -0.2) is 4.79 Å². The maximum Gasteiger partial charge on any atom is 0.408 e. The zero-order chi connectivity index (χ0) is 20.2. The number of hydrogen-bond acceptors (Lipinski definition) is 5. The highest BCUT2D eigenvalue weighted by Crippen LogP contribution is 2.08. The van der Waals surface area contributed by atoms with Gasteiger partial charge in [0.05, 0.1) is 6.04 Å². The predicted molar refractivity (Wildman–Crippen MR) is 101 cm³/mol. The van der Waals surface area contributed by atoms with Gasteiger partial charge < -0.3 is 14.8 Å². The van der Waals surface area contributed by atoms with Crippen molar-refractivity contribution < 1.29 is 23.9 Å². The number of nitrogens with one attached hydrogen (secondary N) is 1. The van der Waals surface area contributed by atoms with Gasteiger partial charge in [-0.2, -0.15) is 0 Å². The number of hydrogen-bond donors (Lipinski definition) is 1. The molecule has 148 valence electrons. The van der Waals surface area contributed by atoms with E-state index < -0.39 is 12.1 Å². The summed E-state index contributed by atoms with van der Waals surface area (Å²) in [6, 6.07) is 8.92. The molecule has 1 fully saturated rings. The lowest BCUT2D eigenvalue weighted by atomic mass is 10.1. The molecule has 1 saturated heterocycles. The van der Waals surface area contributed by atoms with Crippen LogP contribution in [0.25, 0.3) is 0 Å². The molecule has 1 aliphatic heterocycles. The molecule has 0 spiro atoms. The van der Waals surface area contributed by atoms with Crippen molar-refractivity contribution in [3.8, 4) is 0 Å². The van der Waals surface area contributed by atoms with E-state index in [0.29, 0.717) is 25.3 Å². The van der Waals surface area contributed by atoms with Crippen LogP contribution in [0.5, 0.6) is 0 Å². The molecule has 27 heavy (non-hydrogen) atoms. The van der Waals surface area contributed by atoms with Gasteiger partial charge in [-0.05, 0) is 24.3 Å². The summed E-state index contributed by atoms with van der Waals surface area (Å²) in [5.74, 6) is 0.189. The number of carbonyl (C=O) groups is 4. The van der Waals surface area contributed by atoms with Crippen molar-refractivity contribution in [3.63, 3.8) is 0 Å². The molecular weight excluding hydrogens is 348 g/mol. The lowest BCUT2D eigenvalue weighted by molar-refractivity contribution is -0.140. The Kier molecular flexibility index (Phi) is 9.79. The first-order valence-corrected chi connectivity index (χ1v) is 9.07. The van der Waals surface area contributed by atoms with Gasteiger partial charge in [0.25, 0.3) is 0 Å². The topological polar surface area (TPSA) is 92.8 Å². The quantitative estimate of drug-likeness (QED) is 0.771. The maximum absolute atomic E-state index is 11.5. The van der Waals surface area contributed by atoms with Gasteiger partial charge in [0.2, 0.25) is 11.8 Å². The van der Waals surface area contributed by atoms with Gasteiger partial charge in [0.1, 0.15) is 12.9 Å². The Bertz CT molecular complexity index is 631. The molecule has 1 aromatic carbocycles. The van der Waals surface area contributed by atoms with E-state index in [-0.39, 0.29) is 18.4 Å². The molecule has 0 radical (unpaired) electrons. The number of alkyl carbamates (subject to hydrolysis) is 1. The van der Waals surface area contributed by atoms with E-state index in [0.717, 1.165) is 18.3 Å². The second kappa shape index (κ2) is 11.8. The highest BCUT2D eigenvalue weighted by Gasteiger charge is 2.22. The van der Waals surface area contributed by atoms with Crippen molar-refractivity contribution in [2.24, 2.45) is 5.92 Å². The van der Waals surface area contributed by atoms with E-state index in [1.165, 1.54) is 11.8 Å². The largest absolute Gasteiger partial charge is 0.445 e. The number of likely N-dealkylation sites (tertiary alicyclic amines) is 1. The Balaban J connectivity index is 0.000000337. The minimum atomic E-state index is -0.559. The van der Waals surface area contributed by atoms with E-state index >= 15 is 0 Å². The van der Waals surface area contributed by atoms with Crippen molar-refractivity contribution in [2.75, 3.05) is 6.54 Å². The standard InChI is InChI=1S/C14H19NO3.C6H9NO2/c1-11(2)8-13(9-16)15-14(17)18-10-12-6-4-3-5-7-12;1-5(8)7-4-2-3-6(7)9/h3-7,9,11,13H,8,10H2,1-2H3,(H,15,17);2-4H2,1H3. The first kappa shape index (κ1) is 22.3. The number of amides is 3. The number of carbonyl (C=O) groups excluding carboxylic acids is 4. The normalized spacial score (nSPS) is 14.2. The summed E-state index contributed by atoms with van der Waals surface area (Å²) in [5, 5.41) is 2.54. The molecule has 1 unspecified atom stereocenters. The molecular formula is C20H28N2O5. The molecule has 1 heterocycles. The van der Waals surface area contributed by atoms with E-state index in [1.807, 2.05) is 44.2 Å². The summed E-state index contributed by atoms with van der Waals surface area (Å²) in [7, 11) is 0. The molecule has 0 aromatic heterocycles. The van der Waals surface area contributed by atoms with Gasteiger partial charge >= 0.3 is 6.09 Å². The summed E-state index contributed by atoms with van der Waals surface area (Å²) in [6.45, 7) is 6.23. The van der Waals surface area contributed by atoms with Crippen LogP contribution in [-0.4, -0.2) is 41.7 Å². The van der Waals surface area contributed by atoms with Crippen molar-refractivity contribution in [1.82, 2.24) is 10.2 Å². The first-order chi connectivity index (χ1) is 12.8. The van der Waals surface area contributed by atoms with Crippen LogP contribution in [0, 0.1) is 5.92 Å². The van der Waals surface area contributed by atoms with E-state index in [9.17, 15) is 19.2 Å². The third-order valence-corrected chi connectivity index (χ3v) is 3.86. The fourth-order valence-electron chi connectivity index (χ4n) is 2.55. The van der Waals surface area contributed by atoms with E-state index in [2.05, 4.69) is 5.32 Å². The SMILES string of the molecule is CC(=O)N1CCCC1=O.CC(C)CC(C=O)NC(=O)OCc1ccccc1. The average molecular weight is 376 g/mol. The van der Waals surface area contributed by atoms with Crippen LogP contribution in [0.3, 0.4) is 0 Å². The molecule has 0 aliphatic carbocycles. The van der Waals surface area contributed by atoms with Crippen LogP contribution in [0.4, 0.5) is 4.79 Å². The Morgan fingerprint density at radius 2 is 1.93 bits per heavy atom. The Morgan fingerprint density at radius 1 is 1.26 bits per heavy atom. The summed E-state index contributed by atoms with van der Waals surface area (Å²) >= 11 is 0.